The van der Waals surface area contributed by atoms with E-state index in [1.165, 1.54) is 18.2 Å². The first-order valence-electron chi connectivity index (χ1n) is 10.5. The van der Waals surface area contributed by atoms with Crippen LogP contribution in [0.1, 0.15) is 11.1 Å². The predicted octanol–water partition coefficient (Wildman–Crippen LogP) is 6.32. The average molecular weight is 525 g/mol. The van der Waals surface area contributed by atoms with Gasteiger partial charge in [0, 0.05) is 43.3 Å². The second-order valence-corrected chi connectivity index (χ2v) is 9.11. The molecule has 1 saturated heterocycles. The summed E-state index contributed by atoms with van der Waals surface area (Å²) in [4.78, 5) is 39.3. The summed E-state index contributed by atoms with van der Waals surface area (Å²) >= 11 is 18.7. The van der Waals surface area contributed by atoms with E-state index in [0.717, 1.165) is 21.4 Å². The first-order valence-corrected chi connectivity index (χ1v) is 11.6. The summed E-state index contributed by atoms with van der Waals surface area (Å²) in [5.41, 5.74) is 2.38. The molecule has 4 aromatic rings. The predicted molar refractivity (Wildman–Crippen MR) is 138 cm³/mol. The van der Waals surface area contributed by atoms with Gasteiger partial charge in [0.15, 0.2) is 0 Å². The van der Waals surface area contributed by atoms with Crippen LogP contribution in [-0.2, 0) is 16.1 Å². The Hall–Kier alpha value is -3.58. The van der Waals surface area contributed by atoms with Gasteiger partial charge in [0.25, 0.3) is 11.8 Å². The third kappa shape index (κ3) is 4.32. The Bertz CT molecular complexity index is 1520. The number of nitrogens with one attached hydrogen (secondary N) is 1. The number of aromatic nitrogens is 1. The van der Waals surface area contributed by atoms with E-state index in [1.807, 2.05) is 35.0 Å². The standard InChI is InChI=1S/C26H16Cl3N3O3/c27-16-8-10-17(11-9-16)32-25(34)19(24(33)30-26(32)35)12-15-13-31(23-7-2-1-4-18(15)23)14-20-21(28)5-3-6-22(20)29/h1-13H,14H2,(H,30,33,35)/b19-12-. The van der Waals surface area contributed by atoms with Crippen molar-refractivity contribution in [1.29, 1.82) is 0 Å². The van der Waals surface area contributed by atoms with Gasteiger partial charge in [-0.25, -0.2) is 9.69 Å². The monoisotopic (exact) mass is 523 g/mol. The van der Waals surface area contributed by atoms with E-state index in [-0.39, 0.29) is 5.57 Å². The number of carbonyl (C=O) groups excluding carboxylic acids is 3. The highest BCUT2D eigenvalue weighted by atomic mass is 35.5. The van der Waals surface area contributed by atoms with Crippen LogP contribution < -0.4 is 10.2 Å². The maximum Gasteiger partial charge on any atom is 0.335 e. The molecule has 1 aliphatic heterocycles. The highest BCUT2D eigenvalue weighted by molar-refractivity contribution is 6.39. The molecule has 174 valence electrons. The summed E-state index contributed by atoms with van der Waals surface area (Å²) in [6.45, 7) is 0.387. The highest BCUT2D eigenvalue weighted by Crippen LogP contribution is 2.30. The fourth-order valence-electron chi connectivity index (χ4n) is 4.01. The Morgan fingerprint density at radius 2 is 1.51 bits per heavy atom. The molecule has 1 fully saturated rings. The molecule has 0 saturated carbocycles. The Kier molecular flexibility index (Phi) is 6.11. The van der Waals surface area contributed by atoms with Crippen molar-refractivity contribution in [2.45, 2.75) is 6.54 Å². The van der Waals surface area contributed by atoms with Crippen molar-refractivity contribution >= 4 is 75.3 Å². The first kappa shape index (κ1) is 23.2. The fraction of sp³-hybridized carbons (Fsp3) is 0.0385. The number of nitrogens with zero attached hydrogens (tertiary/aromatic N) is 2. The van der Waals surface area contributed by atoms with E-state index in [0.29, 0.717) is 32.9 Å². The molecule has 4 amide bonds. The Balaban J connectivity index is 1.58. The zero-order valence-corrected chi connectivity index (χ0v) is 20.2. The largest absolute Gasteiger partial charge is 0.342 e. The molecule has 6 nitrogen and oxygen atoms in total. The van der Waals surface area contributed by atoms with Crippen LogP contribution in [0, 0.1) is 0 Å². The van der Waals surface area contributed by atoms with Crippen LogP contribution in [-0.4, -0.2) is 22.4 Å². The van der Waals surface area contributed by atoms with E-state index in [4.69, 9.17) is 34.8 Å². The van der Waals surface area contributed by atoms with Crippen molar-refractivity contribution in [3.8, 4) is 0 Å². The zero-order valence-electron chi connectivity index (χ0n) is 18.0. The second kappa shape index (κ2) is 9.23. The number of benzene rings is 3. The summed E-state index contributed by atoms with van der Waals surface area (Å²) in [5.74, 6) is -1.50. The minimum absolute atomic E-state index is 0.168. The van der Waals surface area contributed by atoms with Gasteiger partial charge in [-0.3, -0.25) is 14.9 Å². The van der Waals surface area contributed by atoms with Crippen molar-refractivity contribution in [2.24, 2.45) is 0 Å². The minimum atomic E-state index is -0.824. The number of imide groups is 2. The van der Waals surface area contributed by atoms with Crippen LogP contribution in [0.4, 0.5) is 10.5 Å². The molecule has 1 aromatic heterocycles. The number of halogens is 3. The summed E-state index contributed by atoms with van der Waals surface area (Å²) in [6, 6.07) is 18.2. The molecular weight excluding hydrogens is 509 g/mol. The summed E-state index contributed by atoms with van der Waals surface area (Å²) in [7, 11) is 0. The number of amides is 4. The zero-order chi connectivity index (χ0) is 24.7. The summed E-state index contributed by atoms with van der Waals surface area (Å²) in [6.07, 6.45) is 3.31. The third-order valence-corrected chi connectivity index (χ3v) is 6.66. The van der Waals surface area contributed by atoms with Crippen molar-refractivity contribution in [3.63, 3.8) is 0 Å². The molecule has 5 rings (SSSR count). The minimum Gasteiger partial charge on any atom is -0.342 e. The number of para-hydroxylation sites is 1. The van der Waals surface area contributed by atoms with Gasteiger partial charge in [0.2, 0.25) is 0 Å². The fourth-order valence-corrected chi connectivity index (χ4v) is 4.66. The molecule has 1 aliphatic rings. The Labute approximate surface area is 215 Å². The number of carbonyl (C=O) groups is 3. The molecule has 0 unspecified atom stereocenters. The van der Waals surface area contributed by atoms with Gasteiger partial charge in [-0.15, -0.1) is 0 Å². The number of rotatable bonds is 4. The molecule has 2 heterocycles. The molecule has 0 radical (unpaired) electrons. The second-order valence-electron chi connectivity index (χ2n) is 7.86. The average Bonchev–Trinajstić information content (AvgIpc) is 3.17. The molecule has 0 aliphatic carbocycles. The van der Waals surface area contributed by atoms with E-state index in [1.54, 1.807) is 30.3 Å². The van der Waals surface area contributed by atoms with Crippen LogP contribution in [0.5, 0.6) is 0 Å². The number of fused-ring (bicyclic) bond motifs is 1. The molecule has 0 spiro atoms. The molecule has 0 bridgehead atoms. The molecule has 0 atom stereocenters. The maximum atomic E-state index is 13.3. The lowest BCUT2D eigenvalue weighted by Gasteiger charge is -2.26. The van der Waals surface area contributed by atoms with Gasteiger partial charge < -0.3 is 4.57 Å². The van der Waals surface area contributed by atoms with Gasteiger partial charge >= 0.3 is 6.03 Å². The summed E-state index contributed by atoms with van der Waals surface area (Å²) in [5, 5.41) is 4.58. The third-order valence-electron chi connectivity index (χ3n) is 5.70. The molecule has 1 N–H and O–H groups in total. The first-order chi connectivity index (χ1) is 16.8. The van der Waals surface area contributed by atoms with E-state index in [2.05, 4.69) is 5.32 Å². The van der Waals surface area contributed by atoms with Gasteiger partial charge in [-0.1, -0.05) is 59.1 Å². The van der Waals surface area contributed by atoms with Crippen LogP contribution in [0.15, 0.2) is 78.5 Å². The number of hydrogen-bond donors (Lipinski definition) is 1. The lowest BCUT2D eigenvalue weighted by molar-refractivity contribution is -0.122. The molecule has 35 heavy (non-hydrogen) atoms. The topological polar surface area (TPSA) is 71.4 Å². The van der Waals surface area contributed by atoms with Crippen LogP contribution in [0.2, 0.25) is 15.1 Å². The normalized spacial score (nSPS) is 15.2. The number of hydrogen-bond acceptors (Lipinski definition) is 3. The van der Waals surface area contributed by atoms with Crippen LogP contribution in [0.3, 0.4) is 0 Å². The number of urea groups is 1. The van der Waals surface area contributed by atoms with E-state index in [9.17, 15) is 14.4 Å². The molecular formula is C26H16Cl3N3O3. The van der Waals surface area contributed by atoms with Crippen molar-refractivity contribution in [1.82, 2.24) is 9.88 Å². The lowest BCUT2D eigenvalue weighted by atomic mass is 10.1. The Morgan fingerprint density at radius 1 is 0.829 bits per heavy atom. The maximum absolute atomic E-state index is 13.3. The molecule has 3 aromatic carbocycles. The SMILES string of the molecule is O=C1NC(=O)N(c2ccc(Cl)cc2)C(=O)/C1=C\c1cn(Cc2c(Cl)cccc2Cl)c2ccccc12. The Morgan fingerprint density at radius 3 is 2.23 bits per heavy atom. The lowest BCUT2D eigenvalue weighted by Crippen LogP contribution is -2.54. The number of anilines is 1. The van der Waals surface area contributed by atoms with Crippen molar-refractivity contribution in [2.75, 3.05) is 4.90 Å². The van der Waals surface area contributed by atoms with Crippen molar-refractivity contribution in [3.05, 3.63) is 105 Å². The summed E-state index contributed by atoms with van der Waals surface area (Å²) < 4.78 is 1.95. The smallest absolute Gasteiger partial charge is 0.335 e. The van der Waals surface area contributed by atoms with Gasteiger partial charge in [-0.2, -0.15) is 0 Å². The van der Waals surface area contributed by atoms with Gasteiger partial charge in [-0.05, 0) is 48.5 Å². The van der Waals surface area contributed by atoms with Gasteiger partial charge in [0.05, 0.1) is 12.2 Å². The van der Waals surface area contributed by atoms with E-state index >= 15 is 0 Å². The van der Waals surface area contributed by atoms with Crippen molar-refractivity contribution < 1.29 is 14.4 Å². The number of barbiturate groups is 1. The van der Waals surface area contributed by atoms with Crippen LogP contribution >= 0.6 is 34.8 Å². The quantitative estimate of drug-likeness (QED) is 0.251. The molecule has 9 heteroatoms. The van der Waals surface area contributed by atoms with E-state index < -0.39 is 17.8 Å². The highest BCUT2D eigenvalue weighted by Gasteiger charge is 2.37. The van der Waals surface area contributed by atoms with Crippen LogP contribution in [0.25, 0.3) is 17.0 Å². The van der Waals surface area contributed by atoms with Gasteiger partial charge in [0.1, 0.15) is 5.57 Å².